The number of nitrogens with two attached hydrogens (primary N) is 1. The third-order valence-electron chi connectivity index (χ3n) is 1.62. The molecule has 0 bridgehead atoms. The van der Waals surface area contributed by atoms with Crippen molar-refractivity contribution in [3.05, 3.63) is 0 Å². The van der Waals surface area contributed by atoms with Gasteiger partial charge in [-0.25, -0.2) is 5.90 Å². The summed E-state index contributed by atoms with van der Waals surface area (Å²) in [6, 6.07) is 0. The fourth-order valence-corrected chi connectivity index (χ4v) is 0.865. The summed E-state index contributed by atoms with van der Waals surface area (Å²) < 4.78 is 0. The van der Waals surface area contributed by atoms with Crippen LogP contribution in [0.2, 0.25) is 0 Å². The zero-order valence-corrected chi connectivity index (χ0v) is 7.26. The fourth-order valence-electron chi connectivity index (χ4n) is 0.865. The zero-order valence-electron chi connectivity index (χ0n) is 7.26. The van der Waals surface area contributed by atoms with Crippen LogP contribution in [0, 0.1) is 11.8 Å². The first-order chi connectivity index (χ1) is 4.66. The molecule has 0 saturated heterocycles. The molecule has 0 spiro atoms. The van der Waals surface area contributed by atoms with E-state index in [4.69, 9.17) is 5.90 Å². The molecule has 0 rings (SSSR count). The van der Waals surface area contributed by atoms with Crippen LogP contribution in [0.3, 0.4) is 0 Å². The highest BCUT2D eigenvalue weighted by Gasteiger charge is 2.02. The molecule has 0 unspecified atom stereocenters. The molecule has 0 radical (unpaired) electrons. The molecule has 0 aromatic carbocycles. The Morgan fingerprint density at radius 1 is 1.20 bits per heavy atom. The summed E-state index contributed by atoms with van der Waals surface area (Å²) in [6.07, 6.45) is 2.49. The molecule has 10 heavy (non-hydrogen) atoms. The van der Waals surface area contributed by atoms with Gasteiger partial charge in [-0.2, -0.15) is 0 Å². The minimum atomic E-state index is 0.604. The molecule has 0 saturated carbocycles. The van der Waals surface area contributed by atoms with E-state index in [1.807, 2.05) is 0 Å². The summed E-state index contributed by atoms with van der Waals surface area (Å²) in [5.41, 5.74) is 0. The van der Waals surface area contributed by atoms with Gasteiger partial charge in [0.25, 0.3) is 0 Å². The fraction of sp³-hybridized carbons (Fsp3) is 1.00. The molecule has 0 aromatic heterocycles. The third kappa shape index (κ3) is 6.05. The van der Waals surface area contributed by atoms with Gasteiger partial charge in [0.05, 0.1) is 6.61 Å². The van der Waals surface area contributed by atoms with E-state index < -0.39 is 0 Å². The summed E-state index contributed by atoms with van der Waals surface area (Å²) in [5.74, 6) is 6.33. The predicted molar refractivity (Wildman–Crippen MR) is 43.4 cm³/mol. The van der Waals surface area contributed by atoms with Crippen LogP contribution in [-0.2, 0) is 4.84 Å². The Balaban J connectivity index is 3.12. The Morgan fingerprint density at radius 3 is 2.20 bits per heavy atom. The van der Waals surface area contributed by atoms with Crippen molar-refractivity contribution in [1.82, 2.24) is 0 Å². The van der Waals surface area contributed by atoms with Crippen LogP contribution in [0.5, 0.6) is 0 Å². The second-order valence-electron chi connectivity index (χ2n) is 3.41. The van der Waals surface area contributed by atoms with Crippen LogP contribution in [-0.4, -0.2) is 6.61 Å². The van der Waals surface area contributed by atoms with E-state index in [0.29, 0.717) is 12.5 Å². The van der Waals surface area contributed by atoms with E-state index in [0.717, 1.165) is 5.92 Å². The second kappa shape index (κ2) is 5.69. The van der Waals surface area contributed by atoms with Crippen molar-refractivity contribution in [1.29, 1.82) is 0 Å². The van der Waals surface area contributed by atoms with Gasteiger partial charge in [-0.3, -0.25) is 0 Å². The summed E-state index contributed by atoms with van der Waals surface area (Å²) in [5, 5.41) is 0. The lowest BCUT2D eigenvalue weighted by Gasteiger charge is -2.10. The maximum Gasteiger partial charge on any atom is 0.0704 e. The van der Waals surface area contributed by atoms with Crippen molar-refractivity contribution in [3.8, 4) is 0 Å². The van der Waals surface area contributed by atoms with E-state index in [2.05, 4.69) is 25.6 Å². The monoisotopic (exact) mass is 145 g/mol. The highest BCUT2D eigenvalue weighted by atomic mass is 16.6. The molecule has 1 atom stereocenters. The summed E-state index contributed by atoms with van der Waals surface area (Å²) >= 11 is 0. The molecule has 2 N–H and O–H groups in total. The van der Waals surface area contributed by atoms with Crippen molar-refractivity contribution < 1.29 is 4.84 Å². The lowest BCUT2D eigenvalue weighted by Crippen LogP contribution is -2.10. The van der Waals surface area contributed by atoms with Crippen molar-refractivity contribution in [2.75, 3.05) is 6.61 Å². The molecule has 0 heterocycles. The van der Waals surface area contributed by atoms with Crippen LogP contribution in [0.15, 0.2) is 0 Å². The van der Waals surface area contributed by atoms with Gasteiger partial charge in [0, 0.05) is 0 Å². The Bertz CT molecular complexity index is 73.7. The average Bonchev–Trinajstić information content (AvgIpc) is 1.85. The van der Waals surface area contributed by atoms with Gasteiger partial charge < -0.3 is 4.84 Å². The molecular weight excluding hydrogens is 126 g/mol. The van der Waals surface area contributed by atoms with Gasteiger partial charge in [0.1, 0.15) is 0 Å². The Kier molecular flexibility index (Phi) is 5.64. The van der Waals surface area contributed by atoms with Crippen molar-refractivity contribution >= 4 is 0 Å². The second-order valence-corrected chi connectivity index (χ2v) is 3.41. The minimum absolute atomic E-state index is 0.604. The number of rotatable bonds is 5. The van der Waals surface area contributed by atoms with Crippen LogP contribution in [0.4, 0.5) is 0 Å². The highest BCUT2D eigenvalue weighted by Crippen LogP contribution is 2.10. The highest BCUT2D eigenvalue weighted by molar-refractivity contribution is 4.53. The lowest BCUT2D eigenvalue weighted by atomic mass is 10.0. The number of hydrogen-bond acceptors (Lipinski definition) is 2. The largest absolute Gasteiger partial charge is 0.304 e. The average molecular weight is 145 g/mol. The van der Waals surface area contributed by atoms with Gasteiger partial charge in [0.2, 0.25) is 0 Å². The number of hydrogen-bond donors (Lipinski definition) is 1. The van der Waals surface area contributed by atoms with E-state index in [9.17, 15) is 0 Å². The first-order valence-corrected chi connectivity index (χ1v) is 3.98. The van der Waals surface area contributed by atoms with E-state index >= 15 is 0 Å². The first-order valence-electron chi connectivity index (χ1n) is 3.98. The Morgan fingerprint density at radius 2 is 1.80 bits per heavy atom. The van der Waals surface area contributed by atoms with Gasteiger partial charge in [-0.15, -0.1) is 0 Å². The first kappa shape index (κ1) is 9.92. The SMILES string of the molecule is CC(C)CC[C@@H](C)CON. The standard InChI is InChI=1S/C8H19NO/c1-7(2)4-5-8(3)6-10-9/h7-8H,4-6,9H2,1-3H3/t8-/m1/s1. The normalized spacial score (nSPS) is 14.1. The van der Waals surface area contributed by atoms with E-state index in [-0.39, 0.29) is 0 Å². The van der Waals surface area contributed by atoms with Crippen molar-refractivity contribution in [2.45, 2.75) is 33.6 Å². The van der Waals surface area contributed by atoms with Crippen LogP contribution in [0.25, 0.3) is 0 Å². The smallest absolute Gasteiger partial charge is 0.0704 e. The summed E-state index contributed by atoms with van der Waals surface area (Å²) in [6.45, 7) is 7.31. The van der Waals surface area contributed by atoms with Crippen molar-refractivity contribution in [2.24, 2.45) is 17.7 Å². The Hall–Kier alpha value is -0.0800. The molecule has 0 fully saturated rings. The van der Waals surface area contributed by atoms with Gasteiger partial charge in [-0.1, -0.05) is 27.2 Å². The lowest BCUT2D eigenvalue weighted by molar-refractivity contribution is 0.102. The summed E-state index contributed by atoms with van der Waals surface area (Å²) in [4.78, 5) is 4.54. The van der Waals surface area contributed by atoms with E-state index in [1.165, 1.54) is 12.8 Å². The van der Waals surface area contributed by atoms with Gasteiger partial charge in [-0.05, 0) is 18.3 Å². The molecule has 62 valence electrons. The van der Waals surface area contributed by atoms with E-state index in [1.54, 1.807) is 0 Å². The summed E-state index contributed by atoms with van der Waals surface area (Å²) in [7, 11) is 0. The Labute approximate surface area is 63.7 Å². The molecule has 0 amide bonds. The van der Waals surface area contributed by atoms with Crippen LogP contribution < -0.4 is 5.90 Å². The van der Waals surface area contributed by atoms with Gasteiger partial charge >= 0.3 is 0 Å². The van der Waals surface area contributed by atoms with Crippen LogP contribution >= 0.6 is 0 Å². The maximum absolute atomic E-state index is 4.94. The van der Waals surface area contributed by atoms with Crippen LogP contribution in [0.1, 0.15) is 33.6 Å². The molecule has 2 nitrogen and oxygen atoms in total. The maximum atomic E-state index is 4.94. The zero-order chi connectivity index (χ0) is 7.98. The predicted octanol–water partition coefficient (Wildman–Crippen LogP) is 1.95. The quantitative estimate of drug-likeness (QED) is 0.600. The molecule has 0 aliphatic carbocycles. The molecule has 0 aliphatic heterocycles. The van der Waals surface area contributed by atoms with Crippen molar-refractivity contribution in [3.63, 3.8) is 0 Å². The molecule has 2 heteroatoms. The topological polar surface area (TPSA) is 35.2 Å². The molecule has 0 aromatic rings. The third-order valence-corrected chi connectivity index (χ3v) is 1.62. The molecule has 0 aliphatic rings. The van der Waals surface area contributed by atoms with Gasteiger partial charge in [0.15, 0.2) is 0 Å². The molecular formula is C8H19NO. The minimum Gasteiger partial charge on any atom is -0.304 e.